The zero-order chi connectivity index (χ0) is 29.1. The quantitative estimate of drug-likeness (QED) is 0.372. The SMILES string of the molecule is C[C@H](NC(=O)OC(C)(C)C)c1nc2cccc(CCCC(=O)OC(C)(C)C)c2c(=O)n1-c1cc(F)cc(F)c1. The molecule has 0 spiro atoms. The Kier molecular flexibility index (Phi) is 8.77. The van der Waals surface area contributed by atoms with Crippen LogP contribution in [0.3, 0.4) is 0 Å². The van der Waals surface area contributed by atoms with Gasteiger partial charge in [-0.15, -0.1) is 0 Å². The summed E-state index contributed by atoms with van der Waals surface area (Å²) in [5.74, 6) is -2.03. The number of nitrogens with one attached hydrogen (secondary N) is 1. The van der Waals surface area contributed by atoms with Gasteiger partial charge in [-0.2, -0.15) is 0 Å². The van der Waals surface area contributed by atoms with Gasteiger partial charge >= 0.3 is 12.1 Å². The lowest BCUT2D eigenvalue weighted by molar-refractivity contribution is -0.154. The molecule has 0 saturated carbocycles. The Morgan fingerprint density at radius 3 is 2.21 bits per heavy atom. The highest BCUT2D eigenvalue weighted by Crippen LogP contribution is 2.23. The van der Waals surface area contributed by atoms with Gasteiger partial charge in [-0.3, -0.25) is 14.2 Å². The van der Waals surface area contributed by atoms with Gasteiger partial charge in [0.2, 0.25) is 0 Å². The summed E-state index contributed by atoms with van der Waals surface area (Å²) in [6.45, 7) is 12.1. The van der Waals surface area contributed by atoms with E-state index < -0.39 is 40.5 Å². The number of esters is 1. The van der Waals surface area contributed by atoms with Gasteiger partial charge in [0.15, 0.2) is 0 Å². The van der Waals surface area contributed by atoms with E-state index in [4.69, 9.17) is 9.47 Å². The molecule has 0 aliphatic rings. The first kappa shape index (κ1) is 29.7. The fourth-order valence-electron chi connectivity index (χ4n) is 4.10. The molecule has 0 fully saturated rings. The summed E-state index contributed by atoms with van der Waals surface area (Å²) in [4.78, 5) is 43.2. The van der Waals surface area contributed by atoms with Crippen LogP contribution in [-0.4, -0.2) is 32.8 Å². The van der Waals surface area contributed by atoms with Crippen LogP contribution in [0.4, 0.5) is 13.6 Å². The van der Waals surface area contributed by atoms with E-state index in [-0.39, 0.29) is 29.3 Å². The van der Waals surface area contributed by atoms with Crippen molar-refractivity contribution in [3.63, 3.8) is 0 Å². The molecule has 1 amide bonds. The average molecular weight is 544 g/mol. The number of ether oxygens (including phenoxy) is 2. The maximum absolute atomic E-state index is 14.2. The zero-order valence-electron chi connectivity index (χ0n) is 23.4. The topological polar surface area (TPSA) is 99.5 Å². The molecule has 10 heteroatoms. The summed E-state index contributed by atoms with van der Waals surface area (Å²) in [6.07, 6.45) is 0.202. The molecule has 8 nitrogen and oxygen atoms in total. The third kappa shape index (κ3) is 8.08. The first-order chi connectivity index (χ1) is 18.0. The number of benzene rings is 2. The number of hydrogen-bond donors (Lipinski definition) is 1. The van der Waals surface area contributed by atoms with Gasteiger partial charge in [-0.25, -0.2) is 18.6 Å². The van der Waals surface area contributed by atoms with Crippen LogP contribution in [0.1, 0.15) is 78.7 Å². The first-order valence-electron chi connectivity index (χ1n) is 12.8. The summed E-state index contributed by atoms with van der Waals surface area (Å²) in [6, 6.07) is 7.01. The lowest BCUT2D eigenvalue weighted by Crippen LogP contribution is -2.37. The van der Waals surface area contributed by atoms with Crippen LogP contribution in [0.15, 0.2) is 41.2 Å². The molecular weight excluding hydrogens is 508 g/mol. The minimum atomic E-state index is -0.874. The molecule has 39 heavy (non-hydrogen) atoms. The van der Waals surface area contributed by atoms with Crippen LogP contribution in [0.25, 0.3) is 16.6 Å². The number of aryl methyl sites for hydroxylation is 1. The van der Waals surface area contributed by atoms with Crippen molar-refractivity contribution in [3.05, 3.63) is 69.8 Å². The number of hydrogen-bond acceptors (Lipinski definition) is 6. The van der Waals surface area contributed by atoms with E-state index in [1.807, 2.05) is 0 Å². The molecule has 0 radical (unpaired) electrons. The number of fused-ring (bicyclic) bond motifs is 1. The Labute approximate surface area is 226 Å². The maximum Gasteiger partial charge on any atom is 0.408 e. The largest absolute Gasteiger partial charge is 0.460 e. The molecule has 3 aromatic rings. The Balaban J connectivity index is 2.08. The number of rotatable bonds is 7. The van der Waals surface area contributed by atoms with Crippen molar-refractivity contribution in [2.24, 2.45) is 0 Å². The summed E-state index contributed by atoms with van der Waals surface area (Å²) in [5, 5.41) is 2.89. The predicted octanol–water partition coefficient (Wildman–Crippen LogP) is 5.91. The molecule has 1 atom stereocenters. The van der Waals surface area contributed by atoms with Gasteiger partial charge in [0, 0.05) is 12.5 Å². The second kappa shape index (κ2) is 11.5. The van der Waals surface area contributed by atoms with E-state index in [9.17, 15) is 23.2 Å². The normalized spacial score (nSPS) is 12.7. The molecule has 1 N–H and O–H groups in total. The highest BCUT2D eigenvalue weighted by atomic mass is 19.1. The second-order valence-corrected chi connectivity index (χ2v) is 11.4. The van der Waals surface area contributed by atoms with Crippen LogP contribution in [-0.2, 0) is 20.7 Å². The highest BCUT2D eigenvalue weighted by Gasteiger charge is 2.24. The predicted molar refractivity (Wildman–Crippen MR) is 144 cm³/mol. The van der Waals surface area contributed by atoms with Crippen molar-refractivity contribution < 1.29 is 27.8 Å². The first-order valence-corrected chi connectivity index (χ1v) is 12.8. The Hall–Kier alpha value is -3.82. The van der Waals surface area contributed by atoms with Crippen molar-refractivity contribution >= 4 is 23.0 Å². The molecule has 0 aliphatic carbocycles. The number of amides is 1. The number of carbonyl (C=O) groups excluding carboxylic acids is 2. The Morgan fingerprint density at radius 1 is 1.00 bits per heavy atom. The van der Waals surface area contributed by atoms with E-state index in [1.54, 1.807) is 66.7 Å². The van der Waals surface area contributed by atoms with E-state index in [2.05, 4.69) is 10.3 Å². The molecule has 210 valence electrons. The van der Waals surface area contributed by atoms with Crippen molar-refractivity contribution in [2.45, 2.75) is 85.0 Å². The third-order valence-electron chi connectivity index (χ3n) is 5.48. The second-order valence-electron chi connectivity index (χ2n) is 11.4. The molecule has 3 rings (SSSR count). The smallest absolute Gasteiger partial charge is 0.408 e. The van der Waals surface area contributed by atoms with E-state index in [0.29, 0.717) is 30.0 Å². The maximum atomic E-state index is 14.2. The standard InChI is InChI=1S/C29H35F2N3O5/c1-17(32-27(37)39-29(5,6)7)25-33-22-12-8-10-18(11-9-13-23(35)38-28(2,3)4)24(22)26(36)34(25)21-15-19(30)14-20(31)16-21/h8,10,12,14-17H,9,11,13H2,1-7H3,(H,32,37)/t17-/m0/s1. The minimum absolute atomic E-state index is 0.0641. The van der Waals surface area contributed by atoms with Gasteiger partial charge in [-0.1, -0.05) is 12.1 Å². The van der Waals surface area contributed by atoms with Gasteiger partial charge in [0.25, 0.3) is 5.56 Å². The Bertz CT molecular complexity index is 1420. The molecule has 0 aliphatic heterocycles. The van der Waals surface area contributed by atoms with Crippen LogP contribution in [0, 0.1) is 11.6 Å². The highest BCUT2D eigenvalue weighted by molar-refractivity contribution is 5.82. The molecule has 0 bridgehead atoms. The van der Waals surface area contributed by atoms with Crippen LogP contribution in [0.5, 0.6) is 0 Å². The van der Waals surface area contributed by atoms with Gasteiger partial charge in [-0.05, 0) is 85.1 Å². The van der Waals surface area contributed by atoms with Crippen LogP contribution in [0.2, 0.25) is 0 Å². The molecule has 0 unspecified atom stereocenters. The van der Waals surface area contributed by atoms with Gasteiger partial charge in [0.1, 0.15) is 28.7 Å². The van der Waals surface area contributed by atoms with Crippen molar-refractivity contribution in [3.8, 4) is 5.69 Å². The zero-order valence-corrected chi connectivity index (χ0v) is 23.4. The summed E-state index contributed by atoms with van der Waals surface area (Å²) >= 11 is 0. The average Bonchev–Trinajstić information content (AvgIpc) is 2.75. The number of nitrogens with zero attached hydrogens (tertiary/aromatic N) is 2. The lowest BCUT2D eigenvalue weighted by Gasteiger charge is -2.23. The fraction of sp³-hybridized carbons (Fsp3) is 0.448. The van der Waals surface area contributed by atoms with Crippen molar-refractivity contribution in [1.29, 1.82) is 0 Å². The van der Waals surface area contributed by atoms with Crippen LogP contribution < -0.4 is 10.9 Å². The van der Waals surface area contributed by atoms with Crippen molar-refractivity contribution in [2.75, 3.05) is 0 Å². The summed E-state index contributed by atoms with van der Waals surface area (Å²) < 4.78 is 40.2. The van der Waals surface area contributed by atoms with Gasteiger partial charge < -0.3 is 14.8 Å². The molecule has 2 aromatic carbocycles. The van der Waals surface area contributed by atoms with Crippen molar-refractivity contribution in [1.82, 2.24) is 14.9 Å². The minimum Gasteiger partial charge on any atom is -0.460 e. The van der Waals surface area contributed by atoms with Gasteiger partial charge in [0.05, 0.1) is 22.6 Å². The van der Waals surface area contributed by atoms with E-state index >= 15 is 0 Å². The number of alkyl carbamates (subject to hydrolysis) is 1. The monoisotopic (exact) mass is 543 g/mol. The molecule has 1 aromatic heterocycles. The molecular formula is C29H35F2N3O5. The number of halogens is 2. The number of carbonyl (C=O) groups is 2. The summed E-state index contributed by atoms with van der Waals surface area (Å²) in [5.41, 5.74) is -1.04. The van der Waals surface area contributed by atoms with E-state index in [0.717, 1.165) is 16.7 Å². The third-order valence-corrected chi connectivity index (χ3v) is 5.48. The number of aromatic nitrogens is 2. The Morgan fingerprint density at radius 2 is 1.62 bits per heavy atom. The van der Waals surface area contributed by atoms with Crippen LogP contribution >= 0.6 is 0 Å². The molecule has 0 saturated heterocycles. The fourth-order valence-corrected chi connectivity index (χ4v) is 4.10. The lowest BCUT2D eigenvalue weighted by atomic mass is 10.0. The summed E-state index contributed by atoms with van der Waals surface area (Å²) in [7, 11) is 0. The molecule has 1 heterocycles. The van der Waals surface area contributed by atoms with E-state index in [1.165, 1.54) is 0 Å².